The number of furan rings is 1. The van der Waals surface area contributed by atoms with E-state index in [0.717, 1.165) is 88.0 Å². The highest BCUT2D eigenvalue weighted by Gasteiger charge is 2.26. The van der Waals surface area contributed by atoms with Gasteiger partial charge in [0.2, 0.25) is 5.95 Å². The van der Waals surface area contributed by atoms with E-state index in [1.54, 1.807) is 0 Å². The highest BCUT2D eigenvalue weighted by Crippen LogP contribution is 2.45. The summed E-state index contributed by atoms with van der Waals surface area (Å²) in [6, 6.07) is 60.0. The quantitative estimate of drug-likeness (QED) is 0.187. The van der Waals surface area contributed by atoms with E-state index in [2.05, 4.69) is 167 Å². The van der Waals surface area contributed by atoms with Crippen molar-refractivity contribution in [1.82, 2.24) is 19.1 Å². The standard InChI is InChI=1S/C48H28N4O/c1-2-14-32(15-3-1)51-41-20-10-7-16-33(41)35-24-25-36-37-26-27-38-34-17-8-11-21-42(34)53-47(38)46(37)52(45(36)44(35)51)48-49-40-19-9-6-18-39(40)43(50-48)31-23-22-29-12-4-5-13-30(29)28-31/h1-28H. The largest absolute Gasteiger partial charge is 0.454 e. The number of nitrogens with zero attached hydrogens (tertiary/aromatic N) is 4. The molecule has 12 aromatic rings. The van der Waals surface area contributed by atoms with Crippen LogP contribution < -0.4 is 0 Å². The van der Waals surface area contributed by atoms with E-state index in [1.165, 1.54) is 16.2 Å². The van der Waals surface area contributed by atoms with Crippen LogP contribution in [-0.4, -0.2) is 19.1 Å². The van der Waals surface area contributed by atoms with Crippen molar-refractivity contribution >= 4 is 87.2 Å². The van der Waals surface area contributed by atoms with E-state index in [-0.39, 0.29) is 0 Å². The smallest absolute Gasteiger partial charge is 0.236 e. The van der Waals surface area contributed by atoms with Gasteiger partial charge in [-0.05, 0) is 53.2 Å². The molecule has 0 aliphatic rings. The third-order valence-corrected chi connectivity index (χ3v) is 10.9. The Kier molecular flexibility index (Phi) is 5.71. The molecule has 0 atom stereocenters. The molecule has 4 aromatic heterocycles. The summed E-state index contributed by atoms with van der Waals surface area (Å²) in [6.45, 7) is 0. The molecule has 0 amide bonds. The fourth-order valence-electron chi connectivity index (χ4n) is 8.58. The van der Waals surface area contributed by atoms with Gasteiger partial charge in [-0.2, -0.15) is 0 Å². The van der Waals surface area contributed by atoms with Crippen LogP contribution in [0.3, 0.4) is 0 Å². The number of fused-ring (bicyclic) bond motifs is 13. The van der Waals surface area contributed by atoms with E-state index < -0.39 is 0 Å². The van der Waals surface area contributed by atoms with E-state index >= 15 is 0 Å². The van der Waals surface area contributed by atoms with Crippen molar-refractivity contribution in [3.63, 3.8) is 0 Å². The molecule has 5 nitrogen and oxygen atoms in total. The van der Waals surface area contributed by atoms with Crippen LogP contribution in [0.1, 0.15) is 0 Å². The molecular weight excluding hydrogens is 649 g/mol. The zero-order chi connectivity index (χ0) is 34.6. The minimum atomic E-state index is 0.595. The van der Waals surface area contributed by atoms with Gasteiger partial charge in [-0.3, -0.25) is 4.57 Å². The second kappa shape index (κ2) is 10.6. The topological polar surface area (TPSA) is 48.8 Å². The maximum absolute atomic E-state index is 6.81. The minimum Gasteiger partial charge on any atom is -0.454 e. The van der Waals surface area contributed by atoms with Crippen LogP contribution in [-0.2, 0) is 0 Å². The molecule has 53 heavy (non-hydrogen) atoms. The lowest BCUT2D eigenvalue weighted by atomic mass is 10.0. The van der Waals surface area contributed by atoms with E-state index in [9.17, 15) is 0 Å². The number of para-hydroxylation sites is 4. The Morgan fingerprint density at radius 1 is 0.415 bits per heavy atom. The number of aromatic nitrogens is 4. The van der Waals surface area contributed by atoms with Gasteiger partial charge in [0.15, 0.2) is 5.58 Å². The zero-order valence-electron chi connectivity index (χ0n) is 28.4. The maximum Gasteiger partial charge on any atom is 0.236 e. The summed E-state index contributed by atoms with van der Waals surface area (Å²) in [6.07, 6.45) is 0. The first-order valence-electron chi connectivity index (χ1n) is 17.9. The molecule has 12 rings (SSSR count). The molecule has 0 spiro atoms. The van der Waals surface area contributed by atoms with Crippen LogP contribution in [0, 0.1) is 0 Å². The van der Waals surface area contributed by atoms with E-state index in [1.807, 2.05) is 12.1 Å². The van der Waals surface area contributed by atoms with Crippen LogP contribution in [0.2, 0.25) is 0 Å². The summed E-state index contributed by atoms with van der Waals surface area (Å²) in [7, 11) is 0. The summed E-state index contributed by atoms with van der Waals surface area (Å²) in [5, 5.41) is 10.1. The first-order chi connectivity index (χ1) is 26.3. The van der Waals surface area contributed by atoms with Gasteiger partial charge in [-0.15, -0.1) is 0 Å². The lowest BCUT2D eigenvalue weighted by Gasteiger charge is -2.14. The lowest BCUT2D eigenvalue weighted by Crippen LogP contribution is -2.05. The van der Waals surface area contributed by atoms with Gasteiger partial charge in [0, 0.05) is 49.0 Å². The summed E-state index contributed by atoms with van der Waals surface area (Å²) in [5.74, 6) is 0.595. The normalized spacial score (nSPS) is 12.2. The van der Waals surface area contributed by atoms with Crippen molar-refractivity contribution in [2.45, 2.75) is 0 Å². The molecule has 0 unspecified atom stereocenters. The molecule has 0 aliphatic heterocycles. The summed E-state index contributed by atoms with van der Waals surface area (Å²) >= 11 is 0. The highest BCUT2D eigenvalue weighted by molar-refractivity contribution is 6.27. The second-order valence-corrected chi connectivity index (χ2v) is 13.8. The van der Waals surface area contributed by atoms with Crippen molar-refractivity contribution in [2.24, 2.45) is 0 Å². The predicted molar refractivity (Wildman–Crippen MR) is 218 cm³/mol. The van der Waals surface area contributed by atoms with Gasteiger partial charge in [0.25, 0.3) is 0 Å². The molecule has 0 saturated heterocycles. The fraction of sp³-hybridized carbons (Fsp3) is 0. The van der Waals surface area contributed by atoms with Crippen molar-refractivity contribution in [1.29, 1.82) is 0 Å². The van der Waals surface area contributed by atoms with Crippen molar-refractivity contribution in [2.75, 3.05) is 0 Å². The van der Waals surface area contributed by atoms with Crippen LogP contribution in [0.4, 0.5) is 0 Å². The lowest BCUT2D eigenvalue weighted by molar-refractivity contribution is 0.671. The van der Waals surface area contributed by atoms with Crippen LogP contribution in [0.25, 0.3) is 110 Å². The molecule has 5 heteroatoms. The molecule has 0 bridgehead atoms. The zero-order valence-corrected chi connectivity index (χ0v) is 28.4. The molecule has 4 heterocycles. The Bertz CT molecular complexity index is 3460. The molecule has 0 N–H and O–H groups in total. The Morgan fingerprint density at radius 2 is 1.06 bits per heavy atom. The second-order valence-electron chi connectivity index (χ2n) is 13.8. The van der Waals surface area contributed by atoms with Crippen LogP contribution >= 0.6 is 0 Å². The Labute approximate surface area is 302 Å². The van der Waals surface area contributed by atoms with Crippen molar-refractivity contribution in [3.05, 3.63) is 170 Å². The van der Waals surface area contributed by atoms with Crippen molar-refractivity contribution < 1.29 is 4.42 Å². The van der Waals surface area contributed by atoms with E-state index in [0.29, 0.717) is 5.95 Å². The van der Waals surface area contributed by atoms with Gasteiger partial charge in [0.05, 0.1) is 27.8 Å². The molecule has 8 aromatic carbocycles. The number of rotatable bonds is 3. The first-order valence-corrected chi connectivity index (χ1v) is 17.9. The average Bonchev–Trinajstić information content (AvgIpc) is 3.88. The molecule has 0 saturated carbocycles. The van der Waals surface area contributed by atoms with E-state index in [4.69, 9.17) is 14.4 Å². The van der Waals surface area contributed by atoms with Gasteiger partial charge in [0.1, 0.15) is 11.1 Å². The Morgan fingerprint density at radius 3 is 1.92 bits per heavy atom. The number of benzene rings is 8. The number of hydrogen-bond acceptors (Lipinski definition) is 3. The van der Waals surface area contributed by atoms with Gasteiger partial charge < -0.3 is 8.98 Å². The van der Waals surface area contributed by atoms with Crippen molar-refractivity contribution in [3.8, 4) is 22.9 Å². The third-order valence-electron chi connectivity index (χ3n) is 10.9. The fourth-order valence-corrected chi connectivity index (χ4v) is 8.58. The van der Waals surface area contributed by atoms with Gasteiger partial charge in [-0.25, -0.2) is 9.97 Å². The van der Waals surface area contributed by atoms with Crippen LogP contribution in [0.5, 0.6) is 0 Å². The highest BCUT2D eigenvalue weighted by atomic mass is 16.3. The molecule has 0 fully saturated rings. The third kappa shape index (κ3) is 3.96. The van der Waals surface area contributed by atoms with Gasteiger partial charge >= 0.3 is 0 Å². The Balaban J connectivity index is 1.31. The molecule has 0 aliphatic carbocycles. The Hall–Kier alpha value is -7.24. The number of hydrogen-bond donors (Lipinski definition) is 0. The maximum atomic E-state index is 6.81. The predicted octanol–water partition coefficient (Wildman–Crippen LogP) is 12.5. The minimum absolute atomic E-state index is 0.595. The summed E-state index contributed by atoms with van der Waals surface area (Å²) in [4.78, 5) is 10.9. The SMILES string of the molecule is c1ccc(-n2c3ccccc3c3ccc4c5ccc6c7ccccc7oc6c5n(-c5nc(-c6ccc7ccccc7c6)c6ccccc6n5)c4c32)cc1. The monoisotopic (exact) mass is 676 g/mol. The summed E-state index contributed by atoms with van der Waals surface area (Å²) < 4.78 is 11.5. The molecule has 0 radical (unpaired) electrons. The summed E-state index contributed by atoms with van der Waals surface area (Å²) in [5.41, 5.74) is 9.79. The average molecular weight is 677 g/mol. The molecular formula is C48H28N4O. The molecule has 246 valence electrons. The van der Waals surface area contributed by atoms with Gasteiger partial charge in [-0.1, -0.05) is 127 Å². The first kappa shape index (κ1) is 28.5. The van der Waals surface area contributed by atoms with Crippen LogP contribution in [0.15, 0.2) is 174 Å².